The van der Waals surface area contributed by atoms with E-state index in [-0.39, 0.29) is 0 Å². The first-order valence-corrected chi connectivity index (χ1v) is 6.15. The van der Waals surface area contributed by atoms with Crippen molar-refractivity contribution in [1.29, 1.82) is 0 Å². The number of H-pyrrole nitrogens is 1. The summed E-state index contributed by atoms with van der Waals surface area (Å²) in [4.78, 5) is 11.5. The van der Waals surface area contributed by atoms with E-state index in [0.29, 0.717) is 22.1 Å². The van der Waals surface area contributed by atoms with Crippen LogP contribution in [0, 0.1) is 0 Å². The summed E-state index contributed by atoms with van der Waals surface area (Å²) in [5, 5.41) is 3.23. The SMILES string of the molecule is C=c1[nH]oc(=O)c1=Cc1cc(Br)c(OC)c(OC)c1. The number of hydrogen-bond donors (Lipinski definition) is 1. The van der Waals surface area contributed by atoms with Crippen molar-refractivity contribution in [3.8, 4) is 11.5 Å². The van der Waals surface area contributed by atoms with Crippen LogP contribution in [0.4, 0.5) is 0 Å². The quantitative estimate of drug-likeness (QED) is 0.914. The van der Waals surface area contributed by atoms with E-state index in [9.17, 15) is 4.79 Å². The molecule has 0 aliphatic carbocycles. The van der Waals surface area contributed by atoms with E-state index in [2.05, 4.69) is 32.2 Å². The Morgan fingerprint density at radius 3 is 2.63 bits per heavy atom. The molecule has 0 bridgehead atoms. The summed E-state index contributed by atoms with van der Waals surface area (Å²) in [6, 6.07) is 3.57. The van der Waals surface area contributed by atoms with E-state index < -0.39 is 5.63 Å². The topological polar surface area (TPSA) is 64.5 Å². The van der Waals surface area contributed by atoms with Crippen LogP contribution >= 0.6 is 15.9 Å². The molecule has 1 aromatic carbocycles. The summed E-state index contributed by atoms with van der Waals surface area (Å²) in [7, 11) is 3.10. The van der Waals surface area contributed by atoms with Crippen molar-refractivity contribution >= 4 is 28.6 Å². The molecular formula is C13H12BrNO4. The van der Waals surface area contributed by atoms with Gasteiger partial charge in [0.1, 0.15) is 0 Å². The third-order valence-corrected chi connectivity index (χ3v) is 3.17. The molecule has 2 aromatic rings. The molecule has 1 N–H and O–H groups in total. The number of aromatic nitrogens is 1. The van der Waals surface area contributed by atoms with Gasteiger partial charge in [-0.15, -0.1) is 0 Å². The van der Waals surface area contributed by atoms with Crippen LogP contribution in [0.5, 0.6) is 11.5 Å². The normalized spacial score (nSPS) is 11.6. The van der Waals surface area contributed by atoms with Gasteiger partial charge >= 0.3 is 5.63 Å². The fourth-order valence-electron chi connectivity index (χ4n) is 1.68. The Labute approximate surface area is 117 Å². The van der Waals surface area contributed by atoms with Gasteiger partial charge in [-0.1, -0.05) is 6.58 Å². The monoisotopic (exact) mass is 325 g/mol. The van der Waals surface area contributed by atoms with Crippen LogP contribution in [0.2, 0.25) is 0 Å². The third-order valence-electron chi connectivity index (χ3n) is 2.58. The standard InChI is InChI=1S/C13H12BrNO4/c1-7-9(13(16)19-15-7)4-8-5-10(14)12(18-3)11(6-8)17-2/h4-6,15H,1H2,2-3H3. The molecule has 0 radical (unpaired) electrons. The maximum absolute atomic E-state index is 11.5. The highest BCUT2D eigenvalue weighted by Gasteiger charge is 2.09. The Bertz CT molecular complexity index is 729. The van der Waals surface area contributed by atoms with E-state index in [1.54, 1.807) is 26.4 Å². The zero-order valence-electron chi connectivity index (χ0n) is 10.5. The number of ether oxygens (including phenoxy) is 2. The van der Waals surface area contributed by atoms with Crippen molar-refractivity contribution in [2.75, 3.05) is 14.2 Å². The lowest BCUT2D eigenvalue weighted by atomic mass is 10.1. The zero-order chi connectivity index (χ0) is 14.0. The van der Waals surface area contributed by atoms with Crippen molar-refractivity contribution in [3.63, 3.8) is 0 Å². The highest BCUT2D eigenvalue weighted by Crippen LogP contribution is 2.36. The van der Waals surface area contributed by atoms with Gasteiger partial charge in [-0.2, -0.15) is 0 Å². The smallest absolute Gasteiger partial charge is 0.365 e. The van der Waals surface area contributed by atoms with Gasteiger partial charge in [-0.05, 0) is 39.7 Å². The Kier molecular flexibility index (Phi) is 3.80. The van der Waals surface area contributed by atoms with Gasteiger partial charge in [-0.25, -0.2) is 9.95 Å². The molecule has 0 atom stereocenters. The molecule has 0 spiro atoms. The van der Waals surface area contributed by atoms with Crippen molar-refractivity contribution in [3.05, 3.63) is 43.2 Å². The Morgan fingerprint density at radius 1 is 1.37 bits per heavy atom. The molecule has 0 fully saturated rings. The lowest BCUT2D eigenvalue weighted by molar-refractivity contribution is 0.353. The third kappa shape index (κ3) is 2.58. The Hall–Kier alpha value is -1.95. The average Bonchev–Trinajstić information content (AvgIpc) is 2.70. The summed E-state index contributed by atoms with van der Waals surface area (Å²) in [5.74, 6) is 1.16. The Balaban J connectivity index is 2.66. The van der Waals surface area contributed by atoms with Crippen LogP contribution in [0.25, 0.3) is 12.7 Å². The first-order chi connectivity index (χ1) is 9.06. The van der Waals surface area contributed by atoms with Gasteiger partial charge in [0.25, 0.3) is 0 Å². The largest absolute Gasteiger partial charge is 0.493 e. The van der Waals surface area contributed by atoms with Gasteiger partial charge < -0.3 is 14.0 Å². The predicted octanol–water partition coefficient (Wildman–Crippen LogP) is 0.987. The van der Waals surface area contributed by atoms with E-state index in [1.165, 1.54) is 0 Å². The lowest BCUT2D eigenvalue weighted by Crippen LogP contribution is -2.31. The van der Waals surface area contributed by atoms with E-state index in [4.69, 9.17) is 9.47 Å². The highest BCUT2D eigenvalue weighted by atomic mass is 79.9. The molecule has 0 unspecified atom stereocenters. The first kappa shape index (κ1) is 13.5. The van der Waals surface area contributed by atoms with Gasteiger partial charge in [0.15, 0.2) is 11.5 Å². The lowest BCUT2D eigenvalue weighted by Gasteiger charge is -2.10. The molecule has 0 aliphatic rings. The van der Waals surface area contributed by atoms with Crippen LogP contribution in [-0.4, -0.2) is 19.4 Å². The number of rotatable bonds is 3. The van der Waals surface area contributed by atoms with Gasteiger partial charge in [0, 0.05) is 0 Å². The molecule has 1 heterocycles. The second-order valence-electron chi connectivity index (χ2n) is 3.77. The summed E-state index contributed by atoms with van der Waals surface area (Å²) in [6.07, 6.45) is 1.66. The molecule has 19 heavy (non-hydrogen) atoms. The second-order valence-corrected chi connectivity index (χ2v) is 4.62. The number of aromatic amines is 1. The number of nitrogens with one attached hydrogen (secondary N) is 1. The van der Waals surface area contributed by atoms with Crippen molar-refractivity contribution in [2.45, 2.75) is 0 Å². The number of benzene rings is 1. The van der Waals surface area contributed by atoms with E-state index >= 15 is 0 Å². The van der Waals surface area contributed by atoms with Crippen LogP contribution in [0.15, 0.2) is 25.9 Å². The van der Waals surface area contributed by atoms with E-state index in [0.717, 1.165) is 10.0 Å². The number of halogens is 1. The van der Waals surface area contributed by atoms with Crippen molar-refractivity contribution in [2.24, 2.45) is 0 Å². The molecule has 0 aliphatic heterocycles. The maximum Gasteiger partial charge on any atom is 0.365 e. The summed E-state index contributed by atoms with van der Waals surface area (Å²) in [6.45, 7) is 3.69. The molecule has 1 aromatic heterocycles. The Morgan fingerprint density at radius 2 is 2.11 bits per heavy atom. The fourth-order valence-corrected chi connectivity index (χ4v) is 2.30. The summed E-state index contributed by atoms with van der Waals surface area (Å²) < 4.78 is 15.8. The van der Waals surface area contributed by atoms with Crippen LogP contribution in [-0.2, 0) is 0 Å². The van der Waals surface area contributed by atoms with Gasteiger partial charge in [0.2, 0.25) is 0 Å². The van der Waals surface area contributed by atoms with Crippen LogP contribution in [0.3, 0.4) is 0 Å². The molecule has 0 amide bonds. The highest BCUT2D eigenvalue weighted by molar-refractivity contribution is 9.10. The van der Waals surface area contributed by atoms with Gasteiger partial charge in [0.05, 0.1) is 29.3 Å². The van der Waals surface area contributed by atoms with E-state index in [1.807, 2.05) is 6.07 Å². The second kappa shape index (κ2) is 5.36. The summed E-state index contributed by atoms with van der Waals surface area (Å²) in [5.41, 5.74) is 0.303. The summed E-state index contributed by atoms with van der Waals surface area (Å²) >= 11 is 3.39. The molecule has 0 saturated heterocycles. The maximum atomic E-state index is 11.5. The van der Waals surface area contributed by atoms with Crippen LogP contribution < -0.4 is 25.7 Å². The molecule has 0 saturated carbocycles. The van der Waals surface area contributed by atoms with Crippen LogP contribution in [0.1, 0.15) is 5.56 Å². The first-order valence-electron chi connectivity index (χ1n) is 5.36. The number of hydrogen-bond acceptors (Lipinski definition) is 4. The molecule has 2 rings (SSSR count). The minimum absolute atomic E-state index is 0.374. The minimum Gasteiger partial charge on any atom is -0.493 e. The van der Waals surface area contributed by atoms with Gasteiger partial charge in [-0.3, -0.25) is 0 Å². The molecule has 5 nitrogen and oxygen atoms in total. The molecular weight excluding hydrogens is 314 g/mol. The predicted molar refractivity (Wildman–Crippen MR) is 74.9 cm³/mol. The number of methoxy groups -OCH3 is 2. The zero-order valence-corrected chi connectivity index (χ0v) is 12.0. The fraction of sp³-hybridized carbons (Fsp3) is 0.154. The van der Waals surface area contributed by atoms with Crippen molar-refractivity contribution in [1.82, 2.24) is 5.16 Å². The molecule has 6 heteroatoms. The minimum atomic E-state index is -0.462. The van der Waals surface area contributed by atoms with Crippen molar-refractivity contribution < 1.29 is 14.0 Å². The average molecular weight is 326 g/mol. The molecule has 100 valence electrons.